The number of esters is 1. The molecule has 30 heavy (non-hydrogen) atoms. The minimum Gasteiger partial charge on any atom is -0.459 e. The molecule has 0 saturated carbocycles. The lowest BCUT2D eigenvalue weighted by atomic mass is 10.2. The van der Waals surface area contributed by atoms with Crippen LogP contribution in [0.25, 0.3) is 10.2 Å². The molecule has 0 unspecified atom stereocenters. The molecular formula is C19H26F3N3O4S. The van der Waals surface area contributed by atoms with Gasteiger partial charge < -0.3 is 10.1 Å². The van der Waals surface area contributed by atoms with Crippen LogP contribution in [0.2, 0.25) is 0 Å². The number of aromatic nitrogens is 2. The van der Waals surface area contributed by atoms with Crippen molar-refractivity contribution in [1.82, 2.24) is 14.5 Å². The van der Waals surface area contributed by atoms with Crippen LogP contribution in [0, 0.1) is 6.92 Å². The maximum absolute atomic E-state index is 12.7. The van der Waals surface area contributed by atoms with Crippen molar-refractivity contribution in [2.45, 2.75) is 72.5 Å². The lowest BCUT2D eigenvalue weighted by Crippen LogP contribution is -2.39. The van der Waals surface area contributed by atoms with Gasteiger partial charge in [0.15, 0.2) is 0 Å². The molecule has 168 valence electrons. The van der Waals surface area contributed by atoms with Crippen LogP contribution >= 0.6 is 11.3 Å². The molecule has 0 fully saturated rings. The van der Waals surface area contributed by atoms with Crippen LogP contribution in [0.3, 0.4) is 0 Å². The minimum atomic E-state index is -4.43. The summed E-state index contributed by atoms with van der Waals surface area (Å²) >= 11 is 1.08. The summed E-state index contributed by atoms with van der Waals surface area (Å²) in [7, 11) is 0. The number of carbonyl (C=O) groups is 1. The van der Waals surface area contributed by atoms with Gasteiger partial charge >= 0.3 is 17.8 Å². The normalized spacial score (nSPS) is 12.5. The van der Waals surface area contributed by atoms with Crippen molar-refractivity contribution in [3.8, 4) is 0 Å². The number of hydrogen-bond donors (Lipinski definition) is 1. The molecule has 0 spiro atoms. The van der Waals surface area contributed by atoms with E-state index in [4.69, 9.17) is 4.74 Å². The first-order valence-electron chi connectivity index (χ1n) is 9.50. The first-order chi connectivity index (χ1) is 13.7. The quantitative estimate of drug-likeness (QED) is 0.658. The minimum absolute atomic E-state index is 0.0567. The van der Waals surface area contributed by atoms with Gasteiger partial charge in [0.1, 0.15) is 10.4 Å². The molecule has 0 saturated heterocycles. The highest BCUT2D eigenvalue weighted by molar-refractivity contribution is 7.18. The highest BCUT2D eigenvalue weighted by Gasteiger charge is 2.28. The maximum atomic E-state index is 12.7. The van der Waals surface area contributed by atoms with Crippen LogP contribution in [0.4, 0.5) is 13.2 Å². The molecule has 2 aromatic heterocycles. The molecule has 0 aliphatic rings. The average Bonchev–Trinajstić information content (AvgIpc) is 2.89. The van der Waals surface area contributed by atoms with E-state index in [0.717, 1.165) is 20.5 Å². The Morgan fingerprint density at radius 3 is 2.33 bits per heavy atom. The van der Waals surface area contributed by atoms with Gasteiger partial charge in [0.25, 0.3) is 5.56 Å². The molecule has 0 bridgehead atoms. The first-order valence-corrected chi connectivity index (χ1v) is 10.3. The summed E-state index contributed by atoms with van der Waals surface area (Å²) < 4.78 is 45.4. The highest BCUT2D eigenvalue weighted by Crippen LogP contribution is 2.29. The third kappa shape index (κ3) is 5.72. The Kier molecular flexibility index (Phi) is 7.18. The van der Waals surface area contributed by atoms with Gasteiger partial charge in [-0.05, 0) is 40.2 Å². The van der Waals surface area contributed by atoms with Gasteiger partial charge in [0.05, 0.1) is 18.4 Å². The number of thiophene rings is 1. The van der Waals surface area contributed by atoms with Crippen molar-refractivity contribution in [2.24, 2.45) is 0 Å². The summed E-state index contributed by atoms with van der Waals surface area (Å²) in [5.74, 6) is -0.448. The summed E-state index contributed by atoms with van der Waals surface area (Å²) in [6.45, 7) is 8.16. The zero-order valence-electron chi connectivity index (χ0n) is 17.6. The predicted molar refractivity (Wildman–Crippen MR) is 109 cm³/mol. The first kappa shape index (κ1) is 24.1. The van der Waals surface area contributed by atoms with Crippen molar-refractivity contribution in [3.63, 3.8) is 0 Å². The highest BCUT2D eigenvalue weighted by atomic mass is 32.1. The predicted octanol–water partition coefficient (Wildman–Crippen LogP) is 2.94. The number of carbonyl (C=O) groups excluding carboxylic acids is 1. The molecule has 0 radical (unpaired) electrons. The molecule has 2 heterocycles. The van der Waals surface area contributed by atoms with Crippen LogP contribution in [0.5, 0.6) is 0 Å². The second kappa shape index (κ2) is 8.93. The second-order valence-corrected chi connectivity index (χ2v) is 8.95. The molecule has 0 aliphatic heterocycles. The number of fused-ring (bicyclic) bond motifs is 1. The van der Waals surface area contributed by atoms with Gasteiger partial charge in [-0.25, -0.2) is 4.79 Å². The van der Waals surface area contributed by atoms with E-state index in [9.17, 15) is 27.6 Å². The molecule has 2 aromatic rings. The van der Waals surface area contributed by atoms with Crippen LogP contribution in [0.1, 0.15) is 44.6 Å². The van der Waals surface area contributed by atoms with Gasteiger partial charge in [-0.2, -0.15) is 13.2 Å². The summed E-state index contributed by atoms with van der Waals surface area (Å²) in [5, 5.41) is 3.16. The third-order valence-corrected chi connectivity index (χ3v) is 5.62. The molecule has 0 amide bonds. The van der Waals surface area contributed by atoms with Crippen molar-refractivity contribution in [3.05, 3.63) is 31.3 Å². The number of aryl methyl sites for hydroxylation is 2. The third-order valence-electron chi connectivity index (χ3n) is 4.30. The average molecular weight is 449 g/mol. The van der Waals surface area contributed by atoms with Gasteiger partial charge in [-0.15, -0.1) is 11.3 Å². The van der Waals surface area contributed by atoms with Crippen molar-refractivity contribution < 1.29 is 22.7 Å². The fourth-order valence-corrected chi connectivity index (χ4v) is 4.26. The van der Waals surface area contributed by atoms with Gasteiger partial charge in [-0.1, -0.05) is 0 Å². The topological polar surface area (TPSA) is 82.3 Å². The van der Waals surface area contributed by atoms with Crippen molar-refractivity contribution in [1.29, 1.82) is 0 Å². The number of rotatable bonds is 7. The summed E-state index contributed by atoms with van der Waals surface area (Å²) in [6.07, 6.45) is -5.60. The van der Waals surface area contributed by atoms with Crippen LogP contribution in [-0.2, 0) is 29.2 Å². The Morgan fingerprint density at radius 2 is 1.80 bits per heavy atom. The Bertz CT molecular complexity index is 1040. The molecule has 0 atom stereocenters. The fraction of sp³-hybridized carbons (Fsp3) is 0.632. The maximum Gasteiger partial charge on any atom is 0.390 e. The fourth-order valence-electron chi connectivity index (χ4n) is 2.98. The second-order valence-electron chi connectivity index (χ2n) is 7.87. The largest absolute Gasteiger partial charge is 0.459 e. The molecule has 0 aromatic carbocycles. The number of ether oxygens (including phenoxy) is 1. The molecule has 7 nitrogen and oxygen atoms in total. The zero-order valence-corrected chi connectivity index (χ0v) is 18.4. The SMILES string of the molecule is CCn1c(=O)c2c(C)c(CNCC(=O)OC(C)(C)C)sc2n(CCC(F)(F)F)c1=O. The van der Waals surface area contributed by atoms with E-state index in [0.29, 0.717) is 10.4 Å². The van der Waals surface area contributed by atoms with E-state index in [-0.39, 0.29) is 29.9 Å². The molecule has 2 rings (SSSR count). The lowest BCUT2D eigenvalue weighted by molar-refractivity contribution is -0.153. The van der Waals surface area contributed by atoms with E-state index in [2.05, 4.69) is 5.32 Å². The van der Waals surface area contributed by atoms with Crippen LogP contribution in [-0.4, -0.2) is 33.4 Å². The Balaban J connectivity index is 2.39. The Hall–Kier alpha value is -2.14. The Labute approximate surface area is 175 Å². The Morgan fingerprint density at radius 1 is 1.17 bits per heavy atom. The lowest BCUT2D eigenvalue weighted by Gasteiger charge is -2.19. The van der Waals surface area contributed by atoms with E-state index < -0.39 is 42.0 Å². The van der Waals surface area contributed by atoms with Crippen LogP contribution < -0.4 is 16.6 Å². The van der Waals surface area contributed by atoms with Gasteiger partial charge in [-0.3, -0.25) is 18.7 Å². The van der Waals surface area contributed by atoms with Crippen molar-refractivity contribution >= 4 is 27.5 Å². The smallest absolute Gasteiger partial charge is 0.390 e. The standard InChI is InChI=1S/C19H26F3N3O4S/c1-6-24-15(27)14-11(2)12(9-23-10-13(26)29-18(3,4)5)30-16(14)25(17(24)28)8-7-19(20,21)22/h23H,6-10H2,1-5H3. The van der Waals surface area contributed by atoms with Crippen molar-refractivity contribution in [2.75, 3.05) is 6.54 Å². The van der Waals surface area contributed by atoms with E-state index >= 15 is 0 Å². The number of alkyl halides is 3. The summed E-state index contributed by atoms with van der Waals surface area (Å²) in [5.41, 5.74) is -1.31. The monoisotopic (exact) mass is 449 g/mol. The zero-order chi connectivity index (χ0) is 22.9. The van der Waals surface area contributed by atoms with Crippen LogP contribution in [0.15, 0.2) is 9.59 Å². The molecule has 0 aliphatic carbocycles. The van der Waals surface area contributed by atoms with E-state index in [1.165, 1.54) is 0 Å². The summed E-state index contributed by atoms with van der Waals surface area (Å²) in [4.78, 5) is 38.1. The van der Waals surface area contributed by atoms with E-state index in [1.807, 2.05) is 0 Å². The van der Waals surface area contributed by atoms with Gasteiger partial charge in [0.2, 0.25) is 0 Å². The molecule has 11 heteroatoms. The number of hydrogen-bond acceptors (Lipinski definition) is 6. The van der Waals surface area contributed by atoms with E-state index in [1.54, 1.807) is 34.6 Å². The number of halogens is 3. The number of nitrogens with one attached hydrogen (secondary N) is 1. The molecular weight excluding hydrogens is 423 g/mol. The number of nitrogens with zero attached hydrogens (tertiary/aromatic N) is 2. The van der Waals surface area contributed by atoms with Gasteiger partial charge in [0, 0.05) is 24.5 Å². The molecule has 1 N–H and O–H groups in total. The summed E-state index contributed by atoms with van der Waals surface area (Å²) in [6, 6.07) is 0.